The van der Waals surface area contributed by atoms with Crippen molar-refractivity contribution in [2.45, 2.75) is 25.2 Å². The number of hydrogen-bond acceptors (Lipinski definition) is 3. The smallest absolute Gasteiger partial charge is 0.238 e. The molecule has 2 atom stereocenters. The van der Waals surface area contributed by atoms with Crippen LogP contribution in [0.3, 0.4) is 0 Å². The molecule has 1 heterocycles. The molecule has 2 aromatic rings. The maximum absolute atomic E-state index is 12.5. The monoisotopic (exact) mass is 385 g/mol. The quantitative estimate of drug-likeness (QED) is 0.830. The molecular formula is C22H28ClN3O. The maximum atomic E-state index is 12.5. The van der Waals surface area contributed by atoms with Crippen LogP contribution in [0.4, 0.5) is 5.69 Å². The highest BCUT2D eigenvalue weighted by Gasteiger charge is 2.33. The number of benzene rings is 2. The highest BCUT2D eigenvalue weighted by Crippen LogP contribution is 2.32. The molecule has 0 unspecified atom stereocenters. The Morgan fingerprint density at radius 3 is 2.63 bits per heavy atom. The lowest BCUT2D eigenvalue weighted by molar-refractivity contribution is -0.117. The molecule has 0 bridgehead atoms. The van der Waals surface area contributed by atoms with Gasteiger partial charge in [-0.15, -0.1) is 12.4 Å². The van der Waals surface area contributed by atoms with Crippen LogP contribution in [0.25, 0.3) is 0 Å². The molecule has 1 aliphatic carbocycles. The summed E-state index contributed by atoms with van der Waals surface area (Å²) in [6.45, 7) is 2.86. The summed E-state index contributed by atoms with van der Waals surface area (Å²) >= 11 is 0. The minimum atomic E-state index is 0. The molecule has 0 aromatic heterocycles. The third kappa shape index (κ3) is 4.52. The number of anilines is 1. The van der Waals surface area contributed by atoms with Crippen LogP contribution in [0.1, 0.15) is 29.0 Å². The van der Waals surface area contributed by atoms with Crippen molar-refractivity contribution in [1.82, 2.24) is 4.90 Å². The Kier molecular flexibility index (Phi) is 6.53. The Labute approximate surface area is 167 Å². The summed E-state index contributed by atoms with van der Waals surface area (Å²) < 4.78 is 0. The third-order valence-corrected chi connectivity index (χ3v) is 5.80. The normalized spacial score (nSPS) is 21.5. The molecule has 0 spiro atoms. The number of halogens is 1. The lowest BCUT2D eigenvalue weighted by Gasteiger charge is -2.17. The fourth-order valence-electron chi connectivity index (χ4n) is 4.46. The van der Waals surface area contributed by atoms with Crippen molar-refractivity contribution in [2.75, 3.05) is 31.5 Å². The standard InChI is InChI=1S/C22H27N3O.ClH/c23-12-19-13-25(14-21(19)17-5-2-1-3-6-17)15-22(26)24-20-10-9-16-7-4-8-18(16)11-20;/h1-3,5-6,9-11,19,21H,4,7-8,12-15,23H2,(H,24,26);1H/t19-,21+;/m1./s1. The van der Waals surface area contributed by atoms with E-state index >= 15 is 0 Å². The van der Waals surface area contributed by atoms with Gasteiger partial charge in [0.25, 0.3) is 0 Å². The molecule has 3 N–H and O–H groups in total. The first-order valence-corrected chi connectivity index (χ1v) is 9.62. The van der Waals surface area contributed by atoms with Gasteiger partial charge < -0.3 is 11.1 Å². The summed E-state index contributed by atoms with van der Waals surface area (Å²) in [6.07, 6.45) is 3.52. The number of fused-ring (bicyclic) bond motifs is 1. The molecule has 4 rings (SSSR count). The molecule has 1 amide bonds. The van der Waals surface area contributed by atoms with E-state index in [2.05, 4.69) is 46.6 Å². The van der Waals surface area contributed by atoms with Crippen LogP contribution in [-0.2, 0) is 17.6 Å². The molecule has 0 radical (unpaired) electrons. The van der Waals surface area contributed by atoms with E-state index < -0.39 is 0 Å². The number of carbonyl (C=O) groups is 1. The Hall–Kier alpha value is -1.88. The summed E-state index contributed by atoms with van der Waals surface area (Å²) in [5, 5.41) is 3.07. The van der Waals surface area contributed by atoms with Gasteiger partial charge in [-0.2, -0.15) is 0 Å². The summed E-state index contributed by atoms with van der Waals surface area (Å²) in [5.74, 6) is 0.881. The van der Waals surface area contributed by atoms with E-state index in [1.165, 1.54) is 29.5 Å². The Balaban J connectivity index is 0.00000210. The second-order valence-corrected chi connectivity index (χ2v) is 7.59. The summed E-state index contributed by atoms with van der Waals surface area (Å²) in [7, 11) is 0. The van der Waals surface area contributed by atoms with E-state index in [1.807, 2.05) is 12.1 Å². The number of carbonyl (C=O) groups excluding carboxylic acids is 1. The van der Waals surface area contributed by atoms with Gasteiger partial charge in [0.05, 0.1) is 6.54 Å². The van der Waals surface area contributed by atoms with Gasteiger partial charge in [-0.1, -0.05) is 36.4 Å². The number of amides is 1. The van der Waals surface area contributed by atoms with E-state index in [-0.39, 0.29) is 18.3 Å². The number of nitrogens with one attached hydrogen (secondary N) is 1. The molecule has 1 fully saturated rings. The zero-order valence-corrected chi connectivity index (χ0v) is 16.4. The van der Waals surface area contributed by atoms with Crippen LogP contribution >= 0.6 is 12.4 Å². The minimum absolute atomic E-state index is 0. The molecule has 1 saturated heterocycles. The molecule has 2 aliphatic rings. The zero-order valence-electron chi connectivity index (χ0n) is 15.6. The molecule has 27 heavy (non-hydrogen) atoms. The van der Waals surface area contributed by atoms with Crippen molar-refractivity contribution in [3.8, 4) is 0 Å². The van der Waals surface area contributed by atoms with Gasteiger partial charge in [0.15, 0.2) is 0 Å². The molecule has 144 valence electrons. The Bertz CT molecular complexity index is 780. The first-order valence-electron chi connectivity index (χ1n) is 9.62. The van der Waals surface area contributed by atoms with Gasteiger partial charge in [0.2, 0.25) is 5.91 Å². The van der Waals surface area contributed by atoms with Crippen molar-refractivity contribution in [3.05, 3.63) is 65.2 Å². The summed E-state index contributed by atoms with van der Waals surface area (Å²) in [5.41, 5.74) is 11.1. The fourth-order valence-corrected chi connectivity index (χ4v) is 4.46. The van der Waals surface area contributed by atoms with Crippen molar-refractivity contribution in [3.63, 3.8) is 0 Å². The van der Waals surface area contributed by atoms with Gasteiger partial charge in [-0.3, -0.25) is 9.69 Å². The van der Waals surface area contributed by atoms with Crippen LogP contribution < -0.4 is 11.1 Å². The first-order chi connectivity index (χ1) is 12.7. The lowest BCUT2D eigenvalue weighted by atomic mass is 9.89. The van der Waals surface area contributed by atoms with E-state index in [1.54, 1.807) is 0 Å². The van der Waals surface area contributed by atoms with Crippen LogP contribution in [0.2, 0.25) is 0 Å². The Morgan fingerprint density at radius 1 is 1.07 bits per heavy atom. The zero-order chi connectivity index (χ0) is 17.9. The van der Waals surface area contributed by atoms with Crippen LogP contribution in [-0.4, -0.2) is 37.0 Å². The average molecular weight is 386 g/mol. The van der Waals surface area contributed by atoms with Gasteiger partial charge in [0, 0.05) is 24.7 Å². The van der Waals surface area contributed by atoms with Crippen molar-refractivity contribution < 1.29 is 4.79 Å². The average Bonchev–Trinajstić information content (AvgIpc) is 3.28. The predicted octanol–water partition coefficient (Wildman–Crippen LogP) is 3.21. The summed E-state index contributed by atoms with van der Waals surface area (Å²) in [4.78, 5) is 14.8. The number of nitrogens with two attached hydrogens (primary N) is 1. The van der Waals surface area contributed by atoms with Crippen LogP contribution in [0.5, 0.6) is 0 Å². The second-order valence-electron chi connectivity index (χ2n) is 7.59. The van der Waals surface area contributed by atoms with Gasteiger partial charge in [-0.05, 0) is 60.5 Å². The van der Waals surface area contributed by atoms with Crippen molar-refractivity contribution in [2.24, 2.45) is 11.7 Å². The fraction of sp³-hybridized carbons (Fsp3) is 0.409. The molecule has 5 heteroatoms. The molecule has 1 aliphatic heterocycles. The largest absolute Gasteiger partial charge is 0.330 e. The molecule has 2 aromatic carbocycles. The third-order valence-electron chi connectivity index (χ3n) is 5.80. The van der Waals surface area contributed by atoms with Gasteiger partial charge in [0.1, 0.15) is 0 Å². The van der Waals surface area contributed by atoms with Crippen molar-refractivity contribution in [1.29, 1.82) is 0 Å². The number of hydrogen-bond donors (Lipinski definition) is 2. The van der Waals surface area contributed by atoms with E-state index in [4.69, 9.17) is 5.73 Å². The Morgan fingerprint density at radius 2 is 1.85 bits per heavy atom. The van der Waals surface area contributed by atoms with E-state index in [0.29, 0.717) is 24.9 Å². The van der Waals surface area contributed by atoms with Gasteiger partial charge in [-0.25, -0.2) is 0 Å². The second kappa shape index (κ2) is 8.87. The number of rotatable bonds is 5. The predicted molar refractivity (Wildman–Crippen MR) is 113 cm³/mol. The SMILES string of the molecule is Cl.NC[C@@H]1CN(CC(=O)Nc2ccc3c(c2)CCC3)C[C@H]1c1ccccc1. The lowest BCUT2D eigenvalue weighted by Crippen LogP contribution is -2.32. The minimum Gasteiger partial charge on any atom is -0.330 e. The first kappa shape index (κ1) is 19.9. The number of nitrogens with zero attached hydrogens (tertiary/aromatic N) is 1. The highest BCUT2D eigenvalue weighted by atomic mass is 35.5. The number of likely N-dealkylation sites (tertiary alicyclic amines) is 1. The van der Waals surface area contributed by atoms with Gasteiger partial charge >= 0.3 is 0 Å². The van der Waals surface area contributed by atoms with Crippen LogP contribution in [0.15, 0.2) is 48.5 Å². The van der Waals surface area contributed by atoms with E-state index in [0.717, 1.165) is 25.2 Å². The van der Waals surface area contributed by atoms with Crippen LogP contribution in [0, 0.1) is 5.92 Å². The molecular weight excluding hydrogens is 358 g/mol. The molecule has 0 saturated carbocycles. The summed E-state index contributed by atoms with van der Waals surface area (Å²) in [6, 6.07) is 16.9. The maximum Gasteiger partial charge on any atom is 0.238 e. The van der Waals surface area contributed by atoms with E-state index in [9.17, 15) is 4.79 Å². The van der Waals surface area contributed by atoms with Crippen molar-refractivity contribution >= 4 is 24.0 Å². The number of aryl methyl sites for hydroxylation is 2. The molecule has 4 nitrogen and oxygen atoms in total. The highest BCUT2D eigenvalue weighted by molar-refractivity contribution is 5.92. The topological polar surface area (TPSA) is 58.4 Å².